The molecule has 1 N–H and O–H groups in total. The highest BCUT2D eigenvalue weighted by Gasteiger charge is 2.08. The van der Waals surface area contributed by atoms with Gasteiger partial charge >= 0.3 is 0 Å². The van der Waals surface area contributed by atoms with Crippen LogP contribution in [0.1, 0.15) is 42.3 Å². The summed E-state index contributed by atoms with van der Waals surface area (Å²) in [5.74, 6) is 2.68. The van der Waals surface area contributed by atoms with Gasteiger partial charge in [0.05, 0.1) is 12.3 Å². The van der Waals surface area contributed by atoms with Gasteiger partial charge in [-0.15, -0.1) is 0 Å². The highest BCUT2D eigenvalue weighted by atomic mass is 32.2. The lowest BCUT2D eigenvalue weighted by Gasteiger charge is -2.06. The van der Waals surface area contributed by atoms with Crippen LogP contribution in [0.5, 0.6) is 0 Å². The zero-order chi connectivity index (χ0) is 15.4. The number of thioether (sulfide) groups is 1. The van der Waals surface area contributed by atoms with Gasteiger partial charge in [-0.3, -0.25) is 0 Å². The first-order chi connectivity index (χ1) is 9.95. The van der Waals surface area contributed by atoms with Gasteiger partial charge in [-0.2, -0.15) is 0 Å². The monoisotopic (exact) mass is 305 g/mol. The first-order valence-corrected chi connectivity index (χ1v) is 8.20. The van der Waals surface area contributed by atoms with Gasteiger partial charge in [0.15, 0.2) is 5.16 Å². The van der Waals surface area contributed by atoms with Crippen molar-refractivity contribution >= 4 is 11.8 Å². The number of rotatable bonds is 6. The van der Waals surface area contributed by atoms with E-state index in [0.717, 1.165) is 40.4 Å². The molecular formula is C16H23N3OS. The number of nitrogens with one attached hydrogen (secondary N) is 1. The van der Waals surface area contributed by atoms with Crippen molar-refractivity contribution in [2.24, 2.45) is 0 Å². The maximum atomic E-state index is 5.80. The van der Waals surface area contributed by atoms with E-state index in [-0.39, 0.29) is 0 Å². The Morgan fingerprint density at radius 1 is 1.10 bits per heavy atom. The summed E-state index contributed by atoms with van der Waals surface area (Å²) in [6, 6.07) is 4.51. The van der Waals surface area contributed by atoms with Crippen LogP contribution in [0.3, 0.4) is 0 Å². The first kappa shape index (κ1) is 16.0. The molecule has 0 radical (unpaired) electrons. The summed E-state index contributed by atoms with van der Waals surface area (Å²) < 4.78 is 5.80. The normalized spacial score (nSPS) is 11.3. The smallest absolute Gasteiger partial charge is 0.188 e. The predicted molar refractivity (Wildman–Crippen MR) is 86.5 cm³/mol. The molecule has 0 unspecified atom stereocenters. The maximum Gasteiger partial charge on any atom is 0.188 e. The van der Waals surface area contributed by atoms with Gasteiger partial charge in [-0.05, 0) is 38.5 Å². The summed E-state index contributed by atoms with van der Waals surface area (Å²) in [7, 11) is 0. The molecule has 2 aromatic heterocycles. The molecule has 0 amide bonds. The zero-order valence-electron chi connectivity index (χ0n) is 13.4. The molecule has 0 bridgehead atoms. The van der Waals surface area contributed by atoms with Crippen molar-refractivity contribution in [1.29, 1.82) is 0 Å². The Morgan fingerprint density at radius 2 is 1.71 bits per heavy atom. The molecule has 0 aliphatic carbocycles. The average molecular weight is 305 g/mol. The molecule has 0 saturated heterocycles. The minimum absolute atomic E-state index is 0.458. The van der Waals surface area contributed by atoms with Crippen LogP contribution in [0.4, 0.5) is 0 Å². The van der Waals surface area contributed by atoms with E-state index in [1.165, 1.54) is 5.56 Å². The molecule has 0 aromatic carbocycles. The van der Waals surface area contributed by atoms with Crippen molar-refractivity contribution < 1.29 is 4.42 Å². The summed E-state index contributed by atoms with van der Waals surface area (Å²) in [4.78, 5) is 9.03. The van der Waals surface area contributed by atoms with Crippen LogP contribution in [0.15, 0.2) is 21.7 Å². The number of furan rings is 1. The highest BCUT2D eigenvalue weighted by molar-refractivity contribution is 7.98. The molecule has 5 heteroatoms. The van der Waals surface area contributed by atoms with Crippen LogP contribution in [0.25, 0.3) is 0 Å². The predicted octanol–water partition coefficient (Wildman–Crippen LogP) is 3.79. The topological polar surface area (TPSA) is 51.0 Å². The molecule has 0 aliphatic rings. The van der Waals surface area contributed by atoms with Crippen LogP contribution >= 0.6 is 11.8 Å². The van der Waals surface area contributed by atoms with Gasteiger partial charge in [-0.25, -0.2) is 9.97 Å². The molecule has 0 saturated carbocycles. The molecule has 21 heavy (non-hydrogen) atoms. The highest BCUT2D eigenvalue weighted by Crippen LogP contribution is 2.22. The Balaban J connectivity index is 1.94. The largest absolute Gasteiger partial charge is 0.464 e. The van der Waals surface area contributed by atoms with Crippen molar-refractivity contribution in [2.75, 3.05) is 0 Å². The number of hydrogen-bond donors (Lipinski definition) is 1. The molecule has 2 heterocycles. The summed E-state index contributed by atoms with van der Waals surface area (Å²) >= 11 is 1.61. The fourth-order valence-corrected chi connectivity index (χ4v) is 2.67. The van der Waals surface area contributed by atoms with E-state index < -0.39 is 0 Å². The standard InChI is InChI=1S/C16H23N3OS/c1-10(2)17-8-14-6-7-15(20-14)9-21-16-18-12(4)11(3)13(5)19-16/h6-7,10,17H,8-9H2,1-5H3. The Hall–Kier alpha value is -1.33. The molecule has 2 aromatic rings. The van der Waals surface area contributed by atoms with E-state index in [4.69, 9.17) is 4.42 Å². The van der Waals surface area contributed by atoms with Crippen LogP contribution in [-0.2, 0) is 12.3 Å². The summed E-state index contributed by atoms with van der Waals surface area (Å²) in [6.45, 7) is 11.1. The molecule has 4 nitrogen and oxygen atoms in total. The van der Waals surface area contributed by atoms with Gasteiger partial charge in [0, 0.05) is 17.4 Å². The van der Waals surface area contributed by atoms with Gasteiger partial charge in [0.25, 0.3) is 0 Å². The Bertz CT molecular complexity index is 584. The fourth-order valence-electron chi connectivity index (χ4n) is 1.84. The second kappa shape index (κ2) is 7.09. The molecule has 114 valence electrons. The Labute approximate surface area is 130 Å². The number of nitrogens with zero attached hydrogens (tertiary/aromatic N) is 2. The van der Waals surface area contributed by atoms with Gasteiger partial charge in [0.2, 0.25) is 0 Å². The fraction of sp³-hybridized carbons (Fsp3) is 0.500. The van der Waals surface area contributed by atoms with Crippen molar-refractivity contribution in [3.63, 3.8) is 0 Å². The molecule has 0 spiro atoms. The quantitative estimate of drug-likeness (QED) is 0.650. The van der Waals surface area contributed by atoms with Gasteiger partial charge in [0.1, 0.15) is 11.5 Å². The van der Waals surface area contributed by atoms with E-state index >= 15 is 0 Å². The van der Waals surface area contributed by atoms with E-state index in [9.17, 15) is 0 Å². The van der Waals surface area contributed by atoms with E-state index in [0.29, 0.717) is 6.04 Å². The van der Waals surface area contributed by atoms with Crippen LogP contribution in [0, 0.1) is 20.8 Å². The molecule has 0 aliphatic heterocycles. The third-order valence-corrected chi connectivity index (χ3v) is 4.23. The van der Waals surface area contributed by atoms with Crippen LogP contribution in [0.2, 0.25) is 0 Å². The maximum absolute atomic E-state index is 5.80. The number of aromatic nitrogens is 2. The number of hydrogen-bond acceptors (Lipinski definition) is 5. The first-order valence-electron chi connectivity index (χ1n) is 7.21. The Kier molecular flexibility index (Phi) is 5.42. The molecule has 0 fully saturated rings. The summed E-state index contributed by atoms with van der Waals surface area (Å²) in [5.41, 5.74) is 3.26. The van der Waals surface area contributed by atoms with E-state index in [1.54, 1.807) is 11.8 Å². The summed E-state index contributed by atoms with van der Waals surface area (Å²) in [6.07, 6.45) is 0. The lowest BCUT2D eigenvalue weighted by Crippen LogP contribution is -2.21. The third kappa shape index (κ3) is 4.58. The third-order valence-electron chi connectivity index (χ3n) is 3.36. The van der Waals surface area contributed by atoms with Crippen molar-refractivity contribution in [3.05, 3.63) is 40.6 Å². The van der Waals surface area contributed by atoms with Crippen LogP contribution < -0.4 is 5.32 Å². The van der Waals surface area contributed by atoms with Crippen LogP contribution in [-0.4, -0.2) is 16.0 Å². The lowest BCUT2D eigenvalue weighted by molar-refractivity contribution is 0.445. The van der Waals surface area contributed by atoms with Crippen molar-refractivity contribution in [3.8, 4) is 0 Å². The molecular weight excluding hydrogens is 282 g/mol. The second-order valence-corrected chi connectivity index (χ2v) is 6.44. The second-order valence-electron chi connectivity index (χ2n) is 5.49. The van der Waals surface area contributed by atoms with Crippen molar-refractivity contribution in [2.45, 2.75) is 58.1 Å². The minimum atomic E-state index is 0.458. The van der Waals surface area contributed by atoms with Crippen molar-refractivity contribution in [1.82, 2.24) is 15.3 Å². The van der Waals surface area contributed by atoms with E-state index in [1.807, 2.05) is 26.0 Å². The van der Waals surface area contributed by atoms with Gasteiger partial charge < -0.3 is 9.73 Å². The summed E-state index contributed by atoms with van der Waals surface area (Å²) in [5, 5.41) is 4.16. The minimum Gasteiger partial charge on any atom is -0.464 e. The Morgan fingerprint density at radius 3 is 2.33 bits per heavy atom. The zero-order valence-corrected chi connectivity index (χ0v) is 14.2. The average Bonchev–Trinajstić information content (AvgIpc) is 2.88. The molecule has 2 rings (SSSR count). The van der Waals surface area contributed by atoms with E-state index in [2.05, 4.69) is 36.1 Å². The number of aryl methyl sites for hydroxylation is 2. The lowest BCUT2D eigenvalue weighted by atomic mass is 10.2. The molecule has 0 atom stereocenters. The SMILES string of the molecule is Cc1nc(SCc2ccc(CNC(C)C)o2)nc(C)c1C. The van der Waals surface area contributed by atoms with Gasteiger partial charge in [-0.1, -0.05) is 25.6 Å².